The van der Waals surface area contributed by atoms with E-state index in [0.29, 0.717) is 43.2 Å². The molecule has 3 rings (SSSR count). The number of nitrogens with zero attached hydrogens (tertiary/aromatic N) is 1. The highest BCUT2D eigenvalue weighted by atomic mass is 16.5. The Bertz CT molecular complexity index is 787. The van der Waals surface area contributed by atoms with Crippen molar-refractivity contribution in [1.82, 2.24) is 5.16 Å². The molecule has 1 heterocycles. The van der Waals surface area contributed by atoms with Gasteiger partial charge in [0.15, 0.2) is 5.82 Å². The fourth-order valence-corrected chi connectivity index (χ4v) is 3.47. The molecule has 0 radical (unpaired) electrons. The van der Waals surface area contributed by atoms with Crippen molar-refractivity contribution < 1.29 is 14.1 Å². The fraction of sp³-hybridized carbons (Fsp3) is 0.476. The Morgan fingerprint density at radius 3 is 2.04 bits per heavy atom. The van der Waals surface area contributed by atoms with Gasteiger partial charge in [0.2, 0.25) is 11.8 Å². The Kier molecular flexibility index (Phi) is 5.94. The van der Waals surface area contributed by atoms with E-state index in [1.54, 1.807) is 13.0 Å². The van der Waals surface area contributed by atoms with Crippen LogP contribution in [-0.2, 0) is 9.59 Å². The number of carbonyl (C=O) groups excluding carboxylic acids is 2. The van der Waals surface area contributed by atoms with Gasteiger partial charge >= 0.3 is 0 Å². The number of nitrogens with one attached hydrogen (secondary N) is 2. The van der Waals surface area contributed by atoms with Gasteiger partial charge in [0.1, 0.15) is 5.76 Å². The predicted octanol–water partition coefficient (Wildman–Crippen LogP) is 4.49. The third-order valence-electron chi connectivity index (χ3n) is 5.19. The molecule has 1 aromatic heterocycles. The third-order valence-corrected chi connectivity index (χ3v) is 5.19. The summed E-state index contributed by atoms with van der Waals surface area (Å²) in [4.78, 5) is 24.9. The fourth-order valence-electron chi connectivity index (χ4n) is 3.47. The van der Waals surface area contributed by atoms with Gasteiger partial charge in [0.05, 0.1) is 0 Å². The van der Waals surface area contributed by atoms with Crippen molar-refractivity contribution in [2.24, 2.45) is 11.8 Å². The third kappa shape index (κ3) is 4.96. The number of aryl methyl sites for hydroxylation is 1. The van der Waals surface area contributed by atoms with Gasteiger partial charge in [-0.1, -0.05) is 31.1 Å². The molecule has 6 heteroatoms. The minimum Gasteiger partial charge on any atom is -0.360 e. The molecule has 0 atom stereocenters. The summed E-state index contributed by atoms with van der Waals surface area (Å²) >= 11 is 0. The first-order chi connectivity index (χ1) is 12.9. The minimum absolute atomic E-state index is 0.0401. The molecular formula is C21H27N3O3. The van der Waals surface area contributed by atoms with Crippen LogP contribution >= 0.6 is 0 Å². The number of rotatable bonds is 5. The van der Waals surface area contributed by atoms with Crippen LogP contribution in [0, 0.1) is 18.8 Å². The van der Waals surface area contributed by atoms with Crippen molar-refractivity contribution in [3.63, 3.8) is 0 Å². The Labute approximate surface area is 159 Å². The molecule has 2 amide bonds. The maximum Gasteiger partial charge on any atom is 0.228 e. The van der Waals surface area contributed by atoms with Crippen LogP contribution < -0.4 is 10.6 Å². The average molecular weight is 369 g/mol. The maximum atomic E-state index is 12.5. The number of aromatic nitrogens is 1. The highest BCUT2D eigenvalue weighted by Crippen LogP contribution is 2.30. The van der Waals surface area contributed by atoms with Crippen LogP contribution in [-0.4, -0.2) is 17.0 Å². The molecule has 1 aliphatic carbocycles. The smallest absolute Gasteiger partial charge is 0.228 e. The molecule has 0 unspecified atom stereocenters. The second-order valence-electron chi connectivity index (χ2n) is 7.63. The summed E-state index contributed by atoms with van der Waals surface area (Å²) in [5, 5.41) is 9.58. The summed E-state index contributed by atoms with van der Waals surface area (Å²) in [6, 6.07) is 9.69. The Balaban J connectivity index is 1.48. The van der Waals surface area contributed by atoms with Crippen LogP contribution in [0.25, 0.3) is 0 Å². The van der Waals surface area contributed by atoms with E-state index in [4.69, 9.17) is 4.52 Å². The average Bonchev–Trinajstić information content (AvgIpc) is 3.07. The van der Waals surface area contributed by atoms with Gasteiger partial charge in [0.25, 0.3) is 0 Å². The van der Waals surface area contributed by atoms with Crippen molar-refractivity contribution >= 4 is 23.3 Å². The Hall–Kier alpha value is -2.63. The zero-order valence-electron chi connectivity index (χ0n) is 16.1. The van der Waals surface area contributed by atoms with Crippen molar-refractivity contribution in [3.8, 4) is 0 Å². The minimum atomic E-state index is -0.0867. The molecule has 1 aromatic carbocycles. The summed E-state index contributed by atoms with van der Waals surface area (Å²) in [6.45, 7) is 6.07. The van der Waals surface area contributed by atoms with E-state index in [2.05, 4.69) is 29.6 Å². The molecule has 1 saturated carbocycles. The van der Waals surface area contributed by atoms with Gasteiger partial charge in [-0.05, 0) is 56.2 Å². The van der Waals surface area contributed by atoms with Crippen LogP contribution in [0.4, 0.5) is 11.5 Å². The van der Waals surface area contributed by atoms with E-state index in [1.165, 1.54) is 5.56 Å². The van der Waals surface area contributed by atoms with E-state index in [9.17, 15) is 9.59 Å². The van der Waals surface area contributed by atoms with Gasteiger partial charge in [0, 0.05) is 23.6 Å². The highest BCUT2D eigenvalue weighted by Gasteiger charge is 2.30. The van der Waals surface area contributed by atoms with Gasteiger partial charge in [-0.25, -0.2) is 0 Å². The summed E-state index contributed by atoms with van der Waals surface area (Å²) in [7, 11) is 0. The first kappa shape index (κ1) is 19.1. The first-order valence-electron chi connectivity index (χ1n) is 9.57. The lowest BCUT2D eigenvalue weighted by molar-refractivity contribution is -0.125. The lowest BCUT2D eigenvalue weighted by atomic mass is 9.81. The number of hydrogen-bond acceptors (Lipinski definition) is 4. The van der Waals surface area contributed by atoms with E-state index in [1.807, 2.05) is 24.3 Å². The standard InChI is InChI=1S/C21H27N3O3/c1-13(2)15-8-10-18(11-9-15)22-20(25)16-4-6-17(7-5-16)21(26)23-19-12-14(3)27-24-19/h8-13,16-17H,4-7H2,1-3H3,(H,22,25)(H,23,24,26). The zero-order valence-corrected chi connectivity index (χ0v) is 16.1. The topological polar surface area (TPSA) is 84.2 Å². The van der Waals surface area contributed by atoms with Crippen molar-refractivity contribution in [2.75, 3.05) is 10.6 Å². The molecule has 2 N–H and O–H groups in total. The van der Waals surface area contributed by atoms with Gasteiger partial charge in [-0.15, -0.1) is 0 Å². The highest BCUT2D eigenvalue weighted by molar-refractivity contribution is 5.94. The molecule has 0 saturated heterocycles. The summed E-state index contributed by atoms with van der Waals surface area (Å²) in [5.74, 6) is 1.43. The zero-order chi connectivity index (χ0) is 19.4. The van der Waals surface area contributed by atoms with Crippen molar-refractivity contribution in [2.45, 2.75) is 52.4 Å². The van der Waals surface area contributed by atoms with Crippen LogP contribution in [0.2, 0.25) is 0 Å². The number of carbonyl (C=O) groups is 2. The summed E-state index contributed by atoms with van der Waals surface area (Å²) in [6.07, 6.45) is 2.83. The lowest BCUT2D eigenvalue weighted by Gasteiger charge is -2.26. The van der Waals surface area contributed by atoms with Crippen molar-refractivity contribution in [1.29, 1.82) is 0 Å². The Morgan fingerprint density at radius 1 is 1.00 bits per heavy atom. The molecule has 0 aliphatic heterocycles. The van der Waals surface area contributed by atoms with Gasteiger partial charge in [-0.3, -0.25) is 9.59 Å². The molecular weight excluding hydrogens is 342 g/mol. The second-order valence-corrected chi connectivity index (χ2v) is 7.63. The van der Waals surface area contributed by atoms with Crippen LogP contribution in [0.5, 0.6) is 0 Å². The first-order valence-corrected chi connectivity index (χ1v) is 9.57. The molecule has 1 fully saturated rings. The van der Waals surface area contributed by atoms with E-state index < -0.39 is 0 Å². The van der Waals surface area contributed by atoms with Crippen molar-refractivity contribution in [3.05, 3.63) is 41.7 Å². The van der Waals surface area contributed by atoms with E-state index in [0.717, 1.165) is 5.69 Å². The number of anilines is 2. The SMILES string of the molecule is Cc1cc(NC(=O)C2CCC(C(=O)Nc3ccc(C(C)C)cc3)CC2)no1. The molecule has 0 spiro atoms. The van der Waals surface area contributed by atoms with Gasteiger partial charge in [-0.2, -0.15) is 0 Å². The molecule has 1 aliphatic rings. The lowest BCUT2D eigenvalue weighted by Crippen LogP contribution is -2.32. The molecule has 6 nitrogen and oxygen atoms in total. The van der Waals surface area contributed by atoms with E-state index >= 15 is 0 Å². The molecule has 2 aromatic rings. The molecule has 144 valence electrons. The quantitative estimate of drug-likeness (QED) is 0.813. The molecule has 27 heavy (non-hydrogen) atoms. The normalized spacial score (nSPS) is 19.7. The monoisotopic (exact) mass is 369 g/mol. The van der Waals surface area contributed by atoms with Crippen LogP contribution in [0.3, 0.4) is 0 Å². The van der Waals surface area contributed by atoms with Gasteiger partial charge < -0.3 is 15.2 Å². The maximum absolute atomic E-state index is 12.5. The Morgan fingerprint density at radius 2 is 1.56 bits per heavy atom. The van der Waals surface area contributed by atoms with Crippen LogP contribution in [0.1, 0.15) is 56.8 Å². The number of hydrogen-bond donors (Lipinski definition) is 2. The predicted molar refractivity (Wildman–Crippen MR) is 104 cm³/mol. The molecule has 0 bridgehead atoms. The number of amides is 2. The largest absolute Gasteiger partial charge is 0.360 e. The second kappa shape index (κ2) is 8.37. The van der Waals surface area contributed by atoms with Crippen LogP contribution in [0.15, 0.2) is 34.9 Å². The van der Waals surface area contributed by atoms with E-state index in [-0.39, 0.29) is 23.7 Å². The number of benzene rings is 1. The summed E-state index contributed by atoms with van der Waals surface area (Å²) < 4.78 is 4.96. The summed E-state index contributed by atoms with van der Waals surface area (Å²) in [5.41, 5.74) is 2.08.